The summed E-state index contributed by atoms with van der Waals surface area (Å²) in [6.45, 7) is 7.84. The molecule has 0 spiro atoms. The van der Waals surface area contributed by atoms with E-state index in [1.807, 2.05) is 27.7 Å². The molecule has 0 radical (unpaired) electrons. The van der Waals surface area contributed by atoms with Gasteiger partial charge in [0.15, 0.2) is 0 Å². The Balaban J connectivity index is 5.50. The topological polar surface area (TPSA) is 220 Å². The summed E-state index contributed by atoms with van der Waals surface area (Å²) in [5, 5.41) is 17.1. The Morgan fingerprint density at radius 2 is 1.23 bits per heavy atom. The molecule has 12 nitrogen and oxygen atoms in total. The molecule has 0 rings (SSSR count). The lowest BCUT2D eigenvalue weighted by Gasteiger charge is -2.26. The number of carboxylic acids is 1. The van der Waals surface area contributed by atoms with Crippen molar-refractivity contribution in [3.8, 4) is 0 Å². The third-order valence-corrected chi connectivity index (χ3v) is 5.28. The van der Waals surface area contributed by atoms with E-state index in [2.05, 4.69) is 16.0 Å². The predicted molar refractivity (Wildman–Crippen MR) is 132 cm³/mol. The summed E-state index contributed by atoms with van der Waals surface area (Å²) in [4.78, 5) is 61.3. The van der Waals surface area contributed by atoms with Gasteiger partial charge in [-0.05, 0) is 50.5 Å². The molecule has 0 aliphatic carbocycles. The zero-order valence-corrected chi connectivity index (χ0v) is 21.3. The minimum atomic E-state index is -1.17. The van der Waals surface area contributed by atoms with Gasteiger partial charge in [0.2, 0.25) is 23.6 Å². The summed E-state index contributed by atoms with van der Waals surface area (Å²) in [6.07, 6.45) is 1.93. The molecule has 4 amide bonds. The summed E-state index contributed by atoms with van der Waals surface area (Å²) < 4.78 is 0. The van der Waals surface area contributed by atoms with E-state index >= 15 is 0 Å². The maximum atomic E-state index is 13.0. The van der Waals surface area contributed by atoms with Crippen molar-refractivity contribution >= 4 is 29.6 Å². The second-order valence-electron chi connectivity index (χ2n) is 9.68. The van der Waals surface area contributed by atoms with Crippen molar-refractivity contribution in [2.75, 3.05) is 6.54 Å². The number of unbranched alkanes of at least 4 members (excludes halogenated alkanes) is 1. The molecule has 4 unspecified atom stereocenters. The molecule has 202 valence electrons. The molecule has 0 saturated heterocycles. The van der Waals surface area contributed by atoms with Gasteiger partial charge in [0.05, 0.1) is 6.04 Å². The molecule has 0 aromatic rings. The number of hydrogen-bond donors (Lipinski definition) is 7. The second-order valence-corrected chi connectivity index (χ2v) is 9.68. The van der Waals surface area contributed by atoms with Crippen LogP contribution >= 0.6 is 0 Å². The Hall–Kier alpha value is -2.73. The van der Waals surface area contributed by atoms with E-state index in [0.29, 0.717) is 25.8 Å². The van der Waals surface area contributed by atoms with Gasteiger partial charge in [0.1, 0.15) is 18.1 Å². The van der Waals surface area contributed by atoms with Gasteiger partial charge in [-0.2, -0.15) is 0 Å². The smallest absolute Gasteiger partial charge is 0.326 e. The molecule has 35 heavy (non-hydrogen) atoms. The molecule has 0 fully saturated rings. The first-order chi connectivity index (χ1) is 16.3. The Labute approximate surface area is 207 Å². The molecule has 10 N–H and O–H groups in total. The van der Waals surface area contributed by atoms with E-state index in [-0.39, 0.29) is 37.5 Å². The number of aliphatic carboxylic acids is 1. The molecule has 0 aliphatic rings. The zero-order chi connectivity index (χ0) is 27.1. The molecule has 0 aliphatic heterocycles. The first kappa shape index (κ1) is 32.3. The number of nitrogens with one attached hydrogen (secondary N) is 3. The van der Waals surface area contributed by atoms with Crippen molar-refractivity contribution in [3.05, 3.63) is 0 Å². The van der Waals surface area contributed by atoms with Gasteiger partial charge in [-0.1, -0.05) is 34.1 Å². The molecule has 4 atom stereocenters. The molecule has 0 aromatic heterocycles. The van der Waals surface area contributed by atoms with Crippen LogP contribution in [0.25, 0.3) is 0 Å². The number of carboxylic acid groups (broad SMARTS) is 1. The highest BCUT2D eigenvalue weighted by atomic mass is 16.4. The highest BCUT2D eigenvalue weighted by molar-refractivity contribution is 5.94. The van der Waals surface area contributed by atoms with Crippen LogP contribution in [-0.2, 0) is 24.0 Å². The Kier molecular flexibility index (Phi) is 15.5. The Morgan fingerprint density at radius 1 is 0.743 bits per heavy atom. The van der Waals surface area contributed by atoms with Gasteiger partial charge < -0.3 is 38.3 Å². The fourth-order valence-corrected chi connectivity index (χ4v) is 3.41. The Bertz CT molecular complexity index is 715. The van der Waals surface area contributed by atoms with Crippen LogP contribution in [0.1, 0.15) is 72.6 Å². The summed E-state index contributed by atoms with van der Waals surface area (Å²) >= 11 is 0. The van der Waals surface area contributed by atoms with Crippen LogP contribution in [0.5, 0.6) is 0 Å². The van der Waals surface area contributed by atoms with Gasteiger partial charge in [-0.25, -0.2) is 4.79 Å². The molecule has 0 heterocycles. The number of primary amides is 1. The van der Waals surface area contributed by atoms with Crippen LogP contribution in [-0.4, -0.2) is 65.4 Å². The number of amides is 4. The number of hydrogen-bond acceptors (Lipinski definition) is 7. The molecule has 12 heteroatoms. The van der Waals surface area contributed by atoms with Crippen LogP contribution in [0.15, 0.2) is 0 Å². The molecule has 0 bridgehead atoms. The first-order valence-electron chi connectivity index (χ1n) is 12.2. The summed E-state index contributed by atoms with van der Waals surface area (Å²) in [5.74, 6) is -3.70. The monoisotopic (exact) mass is 500 g/mol. The summed E-state index contributed by atoms with van der Waals surface area (Å²) in [7, 11) is 0. The number of nitrogens with two attached hydrogens (primary N) is 3. The average Bonchev–Trinajstić information content (AvgIpc) is 2.74. The van der Waals surface area contributed by atoms with Gasteiger partial charge >= 0.3 is 5.97 Å². The standard InChI is InChI=1S/C23H44N6O6/c1-13(2)11-17(22(33)29-18(23(34)35)12-14(3)4)28-21(32)16(8-9-19(26)30)27-20(31)15(25)7-5-6-10-24/h13-18H,5-12,24-25H2,1-4H3,(H2,26,30)(H,27,31)(H,28,32)(H,29,33)(H,34,35). The average molecular weight is 501 g/mol. The second kappa shape index (κ2) is 16.8. The fraction of sp³-hybridized carbons (Fsp3) is 0.783. The normalized spacial score (nSPS) is 14.6. The van der Waals surface area contributed by atoms with Gasteiger partial charge in [0.25, 0.3) is 0 Å². The SMILES string of the molecule is CC(C)CC(NC(=O)C(CC(C)C)NC(=O)C(CCC(N)=O)NC(=O)C(N)CCCCN)C(=O)O. The molecular formula is C23H44N6O6. The van der Waals surface area contributed by atoms with Crippen molar-refractivity contribution in [3.63, 3.8) is 0 Å². The zero-order valence-electron chi connectivity index (χ0n) is 21.3. The highest BCUT2D eigenvalue weighted by Gasteiger charge is 2.31. The van der Waals surface area contributed by atoms with Crippen LogP contribution in [0.3, 0.4) is 0 Å². The van der Waals surface area contributed by atoms with Crippen molar-refractivity contribution in [1.82, 2.24) is 16.0 Å². The van der Waals surface area contributed by atoms with Crippen LogP contribution < -0.4 is 33.2 Å². The third-order valence-electron chi connectivity index (χ3n) is 5.28. The molecule has 0 saturated carbocycles. The maximum Gasteiger partial charge on any atom is 0.326 e. The van der Waals surface area contributed by atoms with Gasteiger partial charge in [-0.3, -0.25) is 19.2 Å². The fourth-order valence-electron chi connectivity index (χ4n) is 3.41. The minimum Gasteiger partial charge on any atom is -0.480 e. The first-order valence-corrected chi connectivity index (χ1v) is 12.2. The minimum absolute atomic E-state index is 0.00550. The molecule has 0 aromatic carbocycles. The maximum absolute atomic E-state index is 13.0. The highest BCUT2D eigenvalue weighted by Crippen LogP contribution is 2.10. The summed E-state index contributed by atoms with van der Waals surface area (Å²) in [6, 6.07) is -4.16. The van der Waals surface area contributed by atoms with Gasteiger partial charge in [0, 0.05) is 6.42 Å². The lowest BCUT2D eigenvalue weighted by molar-refractivity contribution is -0.143. The van der Waals surface area contributed by atoms with Crippen molar-refractivity contribution in [2.45, 2.75) is 96.8 Å². The van der Waals surface area contributed by atoms with Crippen molar-refractivity contribution in [2.24, 2.45) is 29.0 Å². The Morgan fingerprint density at radius 3 is 1.71 bits per heavy atom. The molecular weight excluding hydrogens is 456 g/mol. The van der Waals surface area contributed by atoms with Gasteiger partial charge in [-0.15, -0.1) is 0 Å². The third kappa shape index (κ3) is 14.3. The summed E-state index contributed by atoms with van der Waals surface area (Å²) in [5.41, 5.74) is 16.6. The number of carbonyl (C=O) groups is 5. The lowest BCUT2D eigenvalue weighted by Crippen LogP contribution is -2.57. The van der Waals surface area contributed by atoms with Crippen LogP contribution in [0.2, 0.25) is 0 Å². The van der Waals surface area contributed by atoms with Crippen molar-refractivity contribution in [1.29, 1.82) is 0 Å². The quantitative estimate of drug-likeness (QED) is 0.119. The van der Waals surface area contributed by atoms with E-state index in [0.717, 1.165) is 0 Å². The van der Waals surface area contributed by atoms with Crippen LogP contribution in [0.4, 0.5) is 0 Å². The van der Waals surface area contributed by atoms with E-state index in [1.165, 1.54) is 0 Å². The largest absolute Gasteiger partial charge is 0.480 e. The van der Waals surface area contributed by atoms with E-state index in [1.54, 1.807) is 0 Å². The number of carbonyl (C=O) groups excluding carboxylic acids is 4. The van der Waals surface area contributed by atoms with Crippen molar-refractivity contribution < 1.29 is 29.1 Å². The number of rotatable bonds is 18. The van der Waals surface area contributed by atoms with E-state index in [4.69, 9.17) is 17.2 Å². The van der Waals surface area contributed by atoms with E-state index < -0.39 is 53.8 Å². The van der Waals surface area contributed by atoms with E-state index in [9.17, 15) is 29.1 Å². The lowest BCUT2D eigenvalue weighted by atomic mass is 10.00. The predicted octanol–water partition coefficient (Wildman–Crippen LogP) is -0.661. The van der Waals surface area contributed by atoms with Crippen LogP contribution in [0, 0.1) is 11.8 Å².